The second-order valence-corrected chi connectivity index (χ2v) is 9.55. The molecule has 8 heteroatoms. The second-order valence-electron chi connectivity index (χ2n) is 8.70. The molecule has 0 fully saturated rings. The molecule has 0 aliphatic heterocycles. The first kappa shape index (κ1) is 25.2. The molecule has 0 N–H and O–H groups in total. The minimum atomic E-state index is -0.301. The molecule has 6 nitrogen and oxygen atoms in total. The Bertz CT molecular complexity index is 1550. The number of nitriles is 1. The Labute approximate surface area is 228 Å². The Morgan fingerprint density at radius 1 is 0.868 bits per heavy atom. The number of aromatic nitrogens is 3. The van der Waals surface area contributed by atoms with E-state index in [9.17, 15) is 4.39 Å². The van der Waals surface area contributed by atoms with Gasteiger partial charge in [0.2, 0.25) is 0 Å². The van der Waals surface area contributed by atoms with Gasteiger partial charge < -0.3 is 14.2 Å². The van der Waals surface area contributed by atoms with Crippen molar-refractivity contribution in [1.82, 2.24) is 14.8 Å². The van der Waals surface area contributed by atoms with E-state index in [1.54, 1.807) is 30.6 Å². The average Bonchev–Trinajstić information content (AvgIpc) is 3.38. The molecule has 0 bridgehead atoms. The van der Waals surface area contributed by atoms with Gasteiger partial charge in [0.1, 0.15) is 23.6 Å². The maximum Gasteiger partial charge on any atom is 0.152 e. The molecule has 4 aromatic carbocycles. The van der Waals surface area contributed by atoms with Crippen molar-refractivity contribution in [2.24, 2.45) is 0 Å². The Kier molecular flexibility index (Phi) is 7.76. The number of para-hydroxylation sites is 1. The molecule has 0 saturated carbocycles. The molecule has 0 unspecified atom stereocenters. The Morgan fingerprint density at radius 2 is 1.58 bits per heavy atom. The van der Waals surface area contributed by atoms with Crippen LogP contribution in [0.1, 0.15) is 22.5 Å². The molecule has 0 spiro atoms. The molecule has 188 valence electrons. The van der Waals surface area contributed by atoms with Crippen molar-refractivity contribution >= 4 is 21.6 Å². The van der Waals surface area contributed by atoms with Crippen LogP contribution >= 0.6 is 15.9 Å². The number of rotatable bonds is 9. The van der Waals surface area contributed by atoms with E-state index >= 15 is 0 Å². The van der Waals surface area contributed by atoms with E-state index in [2.05, 4.69) is 37.1 Å². The summed E-state index contributed by atoms with van der Waals surface area (Å²) in [5, 5.41) is 17.6. The highest BCUT2D eigenvalue weighted by molar-refractivity contribution is 9.10. The number of anilines is 1. The van der Waals surface area contributed by atoms with Gasteiger partial charge in [-0.2, -0.15) is 5.26 Å². The highest BCUT2D eigenvalue weighted by atomic mass is 79.9. The molecule has 38 heavy (non-hydrogen) atoms. The zero-order valence-electron chi connectivity index (χ0n) is 20.3. The summed E-state index contributed by atoms with van der Waals surface area (Å²) in [5.41, 5.74) is 3.57. The smallest absolute Gasteiger partial charge is 0.152 e. The summed E-state index contributed by atoms with van der Waals surface area (Å²) >= 11 is 3.30. The third-order valence-electron chi connectivity index (χ3n) is 6.00. The number of benzene rings is 4. The van der Waals surface area contributed by atoms with Crippen molar-refractivity contribution in [1.29, 1.82) is 5.26 Å². The lowest BCUT2D eigenvalue weighted by molar-refractivity contribution is 0.482. The van der Waals surface area contributed by atoms with E-state index in [1.807, 2.05) is 71.3 Å². The first-order valence-electron chi connectivity index (χ1n) is 11.9. The molecular formula is C30H23BrFN5O. The molecule has 0 aliphatic carbocycles. The molecule has 0 atom stereocenters. The van der Waals surface area contributed by atoms with Gasteiger partial charge in [0.25, 0.3) is 0 Å². The van der Waals surface area contributed by atoms with Gasteiger partial charge in [-0.15, -0.1) is 10.2 Å². The number of ether oxygens (including phenoxy) is 1. The number of halogens is 2. The molecule has 0 amide bonds. The number of hydrogen-bond acceptors (Lipinski definition) is 5. The maximum absolute atomic E-state index is 13.9. The molecule has 5 rings (SSSR count). The summed E-state index contributed by atoms with van der Waals surface area (Å²) < 4.78 is 22.2. The van der Waals surface area contributed by atoms with Gasteiger partial charge in [-0.3, -0.25) is 0 Å². The van der Waals surface area contributed by atoms with Crippen molar-refractivity contribution in [2.45, 2.75) is 19.6 Å². The molecule has 5 aromatic rings. The van der Waals surface area contributed by atoms with Crippen LogP contribution in [0, 0.1) is 17.1 Å². The minimum Gasteiger partial charge on any atom is -0.457 e. The van der Waals surface area contributed by atoms with Crippen molar-refractivity contribution in [3.8, 4) is 17.6 Å². The summed E-state index contributed by atoms with van der Waals surface area (Å²) in [6.07, 6.45) is 1.71. The van der Waals surface area contributed by atoms with Crippen LogP contribution in [-0.2, 0) is 19.6 Å². The highest BCUT2D eigenvalue weighted by Crippen LogP contribution is 2.27. The number of hydrogen-bond donors (Lipinski definition) is 0. The monoisotopic (exact) mass is 567 g/mol. The number of nitrogens with zero attached hydrogens (tertiary/aromatic N) is 5. The van der Waals surface area contributed by atoms with Gasteiger partial charge in [0.15, 0.2) is 5.82 Å². The van der Waals surface area contributed by atoms with Gasteiger partial charge in [-0.1, -0.05) is 36.4 Å². The zero-order valence-corrected chi connectivity index (χ0v) is 21.9. The van der Waals surface area contributed by atoms with Crippen LogP contribution in [0.4, 0.5) is 10.1 Å². The van der Waals surface area contributed by atoms with Crippen molar-refractivity contribution in [3.63, 3.8) is 0 Å². The first-order valence-corrected chi connectivity index (χ1v) is 12.7. The third-order valence-corrected chi connectivity index (χ3v) is 6.61. The lowest BCUT2D eigenvalue weighted by Crippen LogP contribution is -2.24. The molecule has 1 aromatic heterocycles. The Balaban J connectivity index is 1.39. The fourth-order valence-corrected chi connectivity index (χ4v) is 4.46. The normalized spacial score (nSPS) is 10.7. The van der Waals surface area contributed by atoms with Crippen LogP contribution in [0.25, 0.3) is 0 Å². The second kappa shape index (κ2) is 11.7. The van der Waals surface area contributed by atoms with Gasteiger partial charge in [-0.05, 0) is 87.7 Å². The minimum absolute atomic E-state index is 0.301. The van der Waals surface area contributed by atoms with Crippen molar-refractivity contribution in [2.75, 3.05) is 4.90 Å². The first-order chi connectivity index (χ1) is 18.6. The van der Waals surface area contributed by atoms with Crippen LogP contribution in [-0.4, -0.2) is 14.8 Å². The van der Waals surface area contributed by atoms with E-state index < -0.39 is 0 Å². The third kappa shape index (κ3) is 6.25. The summed E-state index contributed by atoms with van der Waals surface area (Å²) in [7, 11) is 0. The SMILES string of the molecule is N#Cc1ccc(Cn2cnnc2CN(Cc2ccc(F)c(Br)c2)c2ccc(Oc3ccccc3)cc2)cc1. The summed E-state index contributed by atoms with van der Waals surface area (Å²) in [6.45, 7) is 1.58. The largest absolute Gasteiger partial charge is 0.457 e. The molecule has 0 saturated heterocycles. The quantitative estimate of drug-likeness (QED) is 0.190. The predicted molar refractivity (Wildman–Crippen MR) is 147 cm³/mol. The fraction of sp³-hybridized carbons (Fsp3) is 0.100. The van der Waals surface area contributed by atoms with Gasteiger partial charge >= 0.3 is 0 Å². The van der Waals surface area contributed by atoms with E-state index in [0.717, 1.165) is 34.1 Å². The maximum atomic E-state index is 13.9. The lowest BCUT2D eigenvalue weighted by Gasteiger charge is -2.25. The molecule has 0 radical (unpaired) electrons. The van der Waals surface area contributed by atoms with Gasteiger partial charge in [-0.25, -0.2) is 4.39 Å². The van der Waals surface area contributed by atoms with E-state index in [0.29, 0.717) is 29.7 Å². The average molecular weight is 568 g/mol. The highest BCUT2D eigenvalue weighted by Gasteiger charge is 2.15. The summed E-state index contributed by atoms with van der Waals surface area (Å²) in [6, 6.07) is 32.1. The van der Waals surface area contributed by atoms with Crippen LogP contribution < -0.4 is 9.64 Å². The van der Waals surface area contributed by atoms with Crippen LogP contribution in [0.3, 0.4) is 0 Å². The Hall–Kier alpha value is -4.48. The van der Waals surface area contributed by atoms with Crippen LogP contribution in [0.15, 0.2) is 108 Å². The fourth-order valence-electron chi connectivity index (χ4n) is 4.03. The van der Waals surface area contributed by atoms with Crippen molar-refractivity contribution < 1.29 is 9.13 Å². The Morgan fingerprint density at radius 3 is 2.29 bits per heavy atom. The standard InChI is InChI=1S/C30H23BrFN5O/c31-28-16-24(10-15-29(28)32)19-36(25-11-13-27(14-12-25)38-26-4-2-1-3-5-26)20-30-35-34-21-37(30)18-23-8-6-22(17-33)7-9-23/h1-16,21H,18-20H2. The topological polar surface area (TPSA) is 67.0 Å². The van der Waals surface area contributed by atoms with Crippen molar-refractivity contribution in [3.05, 3.63) is 136 Å². The summed E-state index contributed by atoms with van der Waals surface area (Å²) in [4.78, 5) is 2.16. The zero-order chi connectivity index (χ0) is 26.3. The van der Waals surface area contributed by atoms with E-state index in [1.165, 1.54) is 6.07 Å². The van der Waals surface area contributed by atoms with Gasteiger partial charge in [0.05, 0.1) is 29.2 Å². The van der Waals surface area contributed by atoms with Crippen LogP contribution in [0.2, 0.25) is 0 Å². The predicted octanol–water partition coefficient (Wildman–Crippen LogP) is 7.10. The molecule has 1 heterocycles. The summed E-state index contributed by atoms with van der Waals surface area (Å²) in [5.74, 6) is 1.97. The van der Waals surface area contributed by atoms with Crippen LogP contribution in [0.5, 0.6) is 11.5 Å². The van der Waals surface area contributed by atoms with E-state index in [-0.39, 0.29) is 5.82 Å². The lowest BCUT2D eigenvalue weighted by atomic mass is 10.1. The molecular weight excluding hydrogens is 545 g/mol. The molecule has 0 aliphatic rings. The van der Waals surface area contributed by atoms with E-state index in [4.69, 9.17) is 10.00 Å². The van der Waals surface area contributed by atoms with Gasteiger partial charge in [0, 0.05) is 12.2 Å².